The highest BCUT2D eigenvalue weighted by Crippen LogP contribution is 2.56. The molecule has 1 saturated carbocycles. The molecule has 2 atom stereocenters. The topological polar surface area (TPSA) is 108 Å². The van der Waals surface area contributed by atoms with Gasteiger partial charge in [0.05, 0.1) is 38.7 Å². The number of nitrogens with zero attached hydrogens (tertiary/aromatic N) is 4. The Morgan fingerprint density at radius 3 is 2.94 bits per heavy atom. The van der Waals surface area contributed by atoms with E-state index in [4.69, 9.17) is 25.8 Å². The molecule has 3 aromatic rings. The second-order valence-electron chi connectivity index (χ2n) is 7.97. The van der Waals surface area contributed by atoms with Gasteiger partial charge < -0.3 is 14.2 Å². The van der Waals surface area contributed by atoms with Gasteiger partial charge in [0.25, 0.3) is 11.1 Å². The Balaban J connectivity index is 1.34. The highest BCUT2D eigenvalue weighted by Gasteiger charge is 2.59. The van der Waals surface area contributed by atoms with Gasteiger partial charge in [-0.1, -0.05) is 16.7 Å². The first kappa shape index (κ1) is 21.0. The third-order valence-electron chi connectivity index (χ3n) is 5.81. The first-order chi connectivity index (χ1) is 15.5. The number of halogens is 1. The number of hydrogen-bond acceptors (Lipinski definition) is 9. The quantitative estimate of drug-likeness (QED) is 0.518. The number of ether oxygens (including phenoxy) is 3. The minimum Gasteiger partial charge on any atom is -0.494 e. The fraction of sp³-hybridized carbons (Fsp3) is 0.381. The fourth-order valence-corrected chi connectivity index (χ4v) is 4.66. The van der Waals surface area contributed by atoms with Crippen molar-refractivity contribution in [1.29, 1.82) is 0 Å². The maximum Gasteiger partial charge on any atom is 0.295 e. The van der Waals surface area contributed by atoms with E-state index in [1.54, 1.807) is 12.1 Å². The first-order valence-electron chi connectivity index (χ1n) is 9.99. The molecule has 0 bridgehead atoms. The van der Waals surface area contributed by atoms with Crippen molar-refractivity contribution in [2.24, 2.45) is 11.3 Å². The smallest absolute Gasteiger partial charge is 0.295 e. The van der Waals surface area contributed by atoms with Gasteiger partial charge in [0, 0.05) is 28.4 Å². The lowest BCUT2D eigenvalue weighted by molar-refractivity contribution is 0.102. The van der Waals surface area contributed by atoms with E-state index in [1.165, 1.54) is 30.8 Å². The molecule has 1 aliphatic carbocycles. The molecule has 166 valence electrons. The Morgan fingerprint density at radius 1 is 1.31 bits per heavy atom. The standard InChI is InChI=1S/C21H20ClN5O4S/c1-11-3-13(14-4-17(22)24-7-16(14)29-2)15(6-23-11)18(28)25-19-26-27-20(32-19)31-10-21-5-12(21)8-30-9-21/h3-4,6-7,12H,5,8-10H2,1-2H3,(H,25,26,28)/t12-,21+/m0/s1. The lowest BCUT2D eigenvalue weighted by Crippen LogP contribution is -2.16. The highest BCUT2D eigenvalue weighted by atomic mass is 35.5. The summed E-state index contributed by atoms with van der Waals surface area (Å²) in [4.78, 5) is 21.4. The van der Waals surface area contributed by atoms with Crippen LogP contribution in [0.2, 0.25) is 5.15 Å². The SMILES string of the molecule is COc1cnc(Cl)cc1-c1cc(C)ncc1C(=O)Nc1nnc(OC[C@@]23COC[C@@H]2C3)s1. The number of carbonyl (C=O) groups is 1. The summed E-state index contributed by atoms with van der Waals surface area (Å²) >= 11 is 7.27. The molecule has 5 rings (SSSR count). The molecule has 3 aromatic heterocycles. The molecule has 4 heterocycles. The van der Waals surface area contributed by atoms with Gasteiger partial charge in [0.2, 0.25) is 5.13 Å². The molecule has 1 N–H and O–H groups in total. The number of aromatic nitrogens is 4. The highest BCUT2D eigenvalue weighted by molar-refractivity contribution is 7.17. The summed E-state index contributed by atoms with van der Waals surface area (Å²) in [6.07, 6.45) is 4.16. The largest absolute Gasteiger partial charge is 0.494 e. The zero-order valence-electron chi connectivity index (χ0n) is 17.4. The third-order valence-corrected chi connectivity index (χ3v) is 6.76. The molecule has 1 saturated heterocycles. The summed E-state index contributed by atoms with van der Waals surface area (Å²) in [6, 6.07) is 3.45. The van der Waals surface area contributed by atoms with Crippen LogP contribution in [0.5, 0.6) is 10.9 Å². The molecule has 9 nitrogen and oxygen atoms in total. The maximum atomic E-state index is 13.1. The van der Waals surface area contributed by atoms with Crippen molar-refractivity contribution in [2.75, 3.05) is 32.2 Å². The number of hydrogen-bond donors (Lipinski definition) is 1. The number of pyridine rings is 2. The van der Waals surface area contributed by atoms with Gasteiger partial charge in [-0.3, -0.25) is 15.1 Å². The molecule has 2 aliphatic rings. The molecule has 0 unspecified atom stereocenters. The summed E-state index contributed by atoms with van der Waals surface area (Å²) in [6.45, 7) is 3.93. The fourth-order valence-electron chi connectivity index (χ4n) is 3.91. The lowest BCUT2D eigenvalue weighted by atomic mass is 10.0. The number of rotatable bonds is 7. The van der Waals surface area contributed by atoms with E-state index in [9.17, 15) is 4.79 Å². The number of carbonyl (C=O) groups excluding carboxylic acids is 1. The van der Waals surface area contributed by atoms with Crippen molar-refractivity contribution in [3.63, 3.8) is 0 Å². The molecule has 0 radical (unpaired) electrons. The van der Waals surface area contributed by atoms with Crippen LogP contribution >= 0.6 is 22.9 Å². The van der Waals surface area contributed by atoms with Crippen molar-refractivity contribution < 1.29 is 19.0 Å². The maximum absolute atomic E-state index is 13.1. The van der Waals surface area contributed by atoms with Crippen LogP contribution in [-0.2, 0) is 4.74 Å². The van der Waals surface area contributed by atoms with Gasteiger partial charge >= 0.3 is 0 Å². The number of amides is 1. The van der Waals surface area contributed by atoms with Crippen molar-refractivity contribution in [2.45, 2.75) is 13.3 Å². The van der Waals surface area contributed by atoms with Crippen molar-refractivity contribution in [3.8, 4) is 22.1 Å². The van der Waals surface area contributed by atoms with Crippen LogP contribution in [0, 0.1) is 18.3 Å². The zero-order chi connectivity index (χ0) is 22.3. The molecule has 32 heavy (non-hydrogen) atoms. The van der Waals surface area contributed by atoms with E-state index in [0.29, 0.717) is 45.3 Å². The van der Waals surface area contributed by atoms with Gasteiger partial charge in [-0.2, -0.15) is 0 Å². The summed E-state index contributed by atoms with van der Waals surface area (Å²) < 4.78 is 16.7. The third kappa shape index (κ3) is 4.01. The molecule has 1 amide bonds. The zero-order valence-corrected chi connectivity index (χ0v) is 19.0. The second kappa shape index (κ2) is 8.27. The minimum atomic E-state index is -0.379. The molecular formula is C21H20ClN5O4S. The Bertz CT molecular complexity index is 1190. The Morgan fingerprint density at radius 2 is 2.19 bits per heavy atom. The van der Waals surface area contributed by atoms with Crippen LogP contribution < -0.4 is 14.8 Å². The molecule has 1 aliphatic heterocycles. The first-order valence-corrected chi connectivity index (χ1v) is 11.2. The summed E-state index contributed by atoms with van der Waals surface area (Å²) in [5.74, 6) is 0.699. The van der Waals surface area contributed by atoms with Crippen molar-refractivity contribution in [3.05, 3.63) is 40.9 Å². The van der Waals surface area contributed by atoms with E-state index < -0.39 is 0 Å². The predicted molar refractivity (Wildman–Crippen MR) is 118 cm³/mol. The molecule has 0 spiro atoms. The van der Waals surface area contributed by atoms with Crippen LogP contribution in [0.1, 0.15) is 22.5 Å². The van der Waals surface area contributed by atoms with E-state index in [0.717, 1.165) is 25.3 Å². The van der Waals surface area contributed by atoms with Gasteiger partial charge in [-0.05, 0) is 42.7 Å². The van der Waals surface area contributed by atoms with Crippen LogP contribution in [0.25, 0.3) is 11.1 Å². The summed E-state index contributed by atoms with van der Waals surface area (Å²) in [7, 11) is 1.53. The second-order valence-corrected chi connectivity index (χ2v) is 9.30. The number of methoxy groups -OCH3 is 1. The number of nitrogens with one attached hydrogen (secondary N) is 1. The monoisotopic (exact) mass is 473 g/mol. The van der Waals surface area contributed by atoms with E-state index in [1.807, 2.05) is 6.92 Å². The van der Waals surface area contributed by atoms with E-state index in [2.05, 4.69) is 25.5 Å². The minimum absolute atomic E-state index is 0.127. The number of aryl methyl sites for hydroxylation is 1. The average Bonchev–Trinajstić information content (AvgIpc) is 3.09. The Kier molecular flexibility index (Phi) is 5.44. The van der Waals surface area contributed by atoms with Gasteiger partial charge in [-0.15, -0.1) is 5.10 Å². The van der Waals surface area contributed by atoms with Crippen LogP contribution in [0.3, 0.4) is 0 Å². The number of fused-ring (bicyclic) bond motifs is 1. The van der Waals surface area contributed by atoms with Crippen molar-refractivity contribution in [1.82, 2.24) is 20.2 Å². The van der Waals surface area contributed by atoms with E-state index in [-0.39, 0.29) is 16.5 Å². The molecule has 11 heteroatoms. The van der Waals surface area contributed by atoms with Gasteiger partial charge in [0.1, 0.15) is 10.9 Å². The molecular weight excluding hydrogens is 454 g/mol. The van der Waals surface area contributed by atoms with Gasteiger partial charge in [-0.25, -0.2) is 4.98 Å². The normalized spacial score (nSPS) is 21.2. The van der Waals surface area contributed by atoms with Gasteiger partial charge in [0.15, 0.2) is 0 Å². The van der Waals surface area contributed by atoms with Crippen LogP contribution in [-0.4, -0.2) is 53.0 Å². The summed E-state index contributed by atoms with van der Waals surface area (Å²) in [5.41, 5.74) is 2.48. The predicted octanol–water partition coefficient (Wildman–Crippen LogP) is 3.63. The lowest BCUT2D eigenvalue weighted by Gasteiger charge is -2.13. The molecule has 2 fully saturated rings. The van der Waals surface area contributed by atoms with Crippen molar-refractivity contribution >= 4 is 34.0 Å². The van der Waals surface area contributed by atoms with Crippen LogP contribution in [0.4, 0.5) is 5.13 Å². The van der Waals surface area contributed by atoms with Crippen LogP contribution in [0.15, 0.2) is 24.5 Å². The van der Waals surface area contributed by atoms with E-state index >= 15 is 0 Å². The number of anilines is 1. The summed E-state index contributed by atoms with van der Waals surface area (Å²) in [5, 5.41) is 11.9. The average molecular weight is 474 g/mol. The molecule has 0 aromatic carbocycles. The Labute approximate surface area is 193 Å². The Hall–Kier alpha value is -2.82.